The second-order valence-electron chi connectivity index (χ2n) is 8.00. The quantitative estimate of drug-likeness (QED) is 0.555. The van der Waals surface area contributed by atoms with Crippen molar-refractivity contribution in [3.63, 3.8) is 0 Å². The van der Waals surface area contributed by atoms with Gasteiger partial charge in [0.25, 0.3) is 11.8 Å². The number of hydrogen-bond donors (Lipinski definition) is 2. The third-order valence-corrected chi connectivity index (χ3v) is 4.99. The van der Waals surface area contributed by atoms with Gasteiger partial charge < -0.3 is 10.6 Å². The standard InChI is InChI=1S/C24H24ClN3O2/c1-24(2,3)19-12-10-17(11-13-19)22(29)27-15-16-6-8-18(9-7-16)23(30)28-20-5-4-14-26-21(20)25/h4-14H,15H2,1-3H3,(H,27,29)(H,28,30). The molecular formula is C24H24ClN3O2. The molecule has 6 heteroatoms. The Morgan fingerprint density at radius 3 is 2.10 bits per heavy atom. The topological polar surface area (TPSA) is 71.1 Å². The summed E-state index contributed by atoms with van der Waals surface area (Å²) in [6.07, 6.45) is 1.56. The highest BCUT2D eigenvalue weighted by Gasteiger charge is 2.14. The van der Waals surface area contributed by atoms with E-state index in [1.54, 1.807) is 30.5 Å². The highest BCUT2D eigenvalue weighted by molar-refractivity contribution is 6.32. The summed E-state index contributed by atoms with van der Waals surface area (Å²) in [4.78, 5) is 28.7. The van der Waals surface area contributed by atoms with Crippen molar-refractivity contribution in [3.05, 3.63) is 94.3 Å². The van der Waals surface area contributed by atoms with Gasteiger partial charge in [0.15, 0.2) is 5.15 Å². The monoisotopic (exact) mass is 421 g/mol. The van der Waals surface area contributed by atoms with Gasteiger partial charge in [-0.05, 0) is 52.9 Å². The minimum atomic E-state index is -0.278. The van der Waals surface area contributed by atoms with Gasteiger partial charge >= 0.3 is 0 Å². The van der Waals surface area contributed by atoms with Crippen LogP contribution in [0.15, 0.2) is 66.9 Å². The first-order valence-corrected chi connectivity index (χ1v) is 10.0. The van der Waals surface area contributed by atoms with Gasteiger partial charge in [-0.1, -0.05) is 56.6 Å². The van der Waals surface area contributed by atoms with Crippen LogP contribution in [0.1, 0.15) is 52.6 Å². The van der Waals surface area contributed by atoms with Crippen LogP contribution >= 0.6 is 11.6 Å². The fourth-order valence-electron chi connectivity index (χ4n) is 2.85. The second kappa shape index (κ2) is 9.09. The van der Waals surface area contributed by atoms with E-state index in [9.17, 15) is 9.59 Å². The Hall–Kier alpha value is -3.18. The second-order valence-corrected chi connectivity index (χ2v) is 8.36. The molecule has 0 saturated carbocycles. The molecule has 0 radical (unpaired) electrons. The van der Waals surface area contributed by atoms with Crippen LogP contribution in [0.25, 0.3) is 0 Å². The van der Waals surface area contributed by atoms with Gasteiger partial charge in [0, 0.05) is 23.9 Å². The van der Waals surface area contributed by atoms with Gasteiger partial charge in [-0.15, -0.1) is 0 Å². The third kappa shape index (κ3) is 5.45. The molecule has 0 aliphatic heterocycles. The molecular weight excluding hydrogens is 398 g/mol. The van der Waals surface area contributed by atoms with Crippen LogP contribution in [-0.2, 0) is 12.0 Å². The molecule has 0 atom stereocenters. The molecule has 0 aliphatic rings. The average molecular weight is 422 g/mol. The number of amides is 2. The molecule has 0 bridgehead atoms. The summed E-state index contributed by atoms with van der Waals surface area (Å²) in [5, 5.41) is 5.87. The van der Waals surface area contributed by atoms with E-state index in [2.05, 4.69) is 36.4 Å². The third-order valence-electron chi connectivity index (χ3n) is 4.69. The van der Waals surface area contributed by atoms with Crippen LogP contribution in [0.2, 0.25) is 5.15 Å². The predicted octanol–water partition coefficient (Wildman–Crippen LogP) is 5.21. The molecule has 0 fully saturated rings. The van der Waals surface area contributed by atoms with E-state index in [-0.39, 0.29) is 22.4 Å². The Morgan fingerprint density at radius 1 is 0.900 bits per heavy atom. The number of carbonyl (C=O) groups is 2. The summed E-state index contributed by atoms with van der Waals surface area (Å²) >= 11 is 5.97. The van der Waals surface area contributed by atoms with Crippen LogP contribution in [0.4, 0.5) is 5.69 Å². The summed E-state index contributed by atoms with van der Waals surface area (Å²) in [5.41, 5.74) is 3.69. The molecule has 2 N–H and O–H groups in total. The number of hydrogen-bond acceptors (Lipinski definition) is 3. The molecule has 154 valence electrons. The smallest absolute Gasteiger partial charge is 0.255 e. The van der Waals surface area contributed by atoms with Crippen LogP contribution < -0.4 is 10.6 Å². The van der Waals surface area contributed by atoms with Crippen molar-refractivity contribution in [1.82, 2.24) is 10.3 Å². The van der Waals surface area contributed by atoms with E-state index in [1.807, 2.05) is 36.4 Å². The largest absolute Gasteiger partial charge is 0.348 e. The van der Waals surface area contributed by atoms with Crippen LogP contribution in [0.5, 0.6) is 0 Å². The molecule has 30 heavy (non-hydrogen) atoms. The zero-order chi connectivity index (χ0) is 21.7. The molecule has 0 spiro atoms. The van der Waals surface area contributed by atoms with E-state index in [4.69, 9.17) is 11.6 Å². The number of nitrogens with one attached hydrogen (secondary N) is 2. The number of halogens is 1. The minimum Gasteiger partial charge on any atom is -0.348 e. The number of nitrogens with zero attached hydrogens (tertiary/aromatic N) is 1. The molecule has 0 saturated heterocycles. The first kappa shape index (κ1) is 21.5. The van der Waals surface area contributed by atoms with Crippen molar-refractivity contribution in [1.29, 1.82) is 0 Å². The van der Waals surface area contributed by atoms with Gasteiger partial charge in [0.1, 0.15) is 0 Å². The van der Waals surface area contributed by atoms with Crippen LogP contribution in [0.3, 0.4) is 0 Å². The Morgan fingerprint density at radius 2 is 1.50 bits per heavy atom. The van der Waals surface area contributed by atoms with E-state index in [0.29, 0.717) is 23.4 Å². The maximum atomic E-state index is 12.4. The summed E-state index contributed by atoms with van der Waals surface area (Å²) in [7, 11) is 0. The maximum absolute atomic E-state index is 12.4. The Bertz CT molecular complexity index is 1040. The Kier molecular flexibility index (Phi) is 6.53. The lowest BCUT2D eigenvalue weighted by molar-refractivity contribution is 0.0949. The first-order chi connectivity index (χ1) is 14.2. The molecule has 0 aliphatic carbocycles. The average Bonchev–Trinajstić information content (AvgIpc) is 2.73. The van der Waals surface area contributed by atoms with Crippen molar-refractivity contribution in [2.75, 3.05) is 5.32 Å². The zero-order valence-electron chi connectivity index (χ0n) is 17.2. The lowest BCUT2D eigenvalue weighted by Crippen LogP contribution is -2.23. The lowest BCUT2D eigenvalue weighted by atomic mass is 9.87. The van der Waals surface area contributed by atoms with E-state index < -0.39 is 0 Å². The van der Waals surface area contributed by atoms with E-state index in [1.165, 1.54) is 5.56 Å². The number of anilines is 1. The van der Waals surface area contributed by atoms with E-state index in [0.717, 1.165) is 5.56 Å². The fourth-order valence-corrected chi connectivity index (χ4v) is 3.02. The van der Waals surface area contributed by atoms with Crippen molar-refractivity contribution in [3.8, 4) is 0 Å². The molecule has 1 heterocycles. The molecule has 2 aromatic carbocycles. The fraction of sp³-hybridized carbons (Fsp3) is 0.208. The van der Waals surface area contributed by atoms with Gasteiger partial charge in [-0.2, -0.15) is 0 Å². The summed E-state index contributed by atoms with van der Waals surface area (Å²) in [5.74, 6) is -0.414. The molecule has 1 aromatic heterocycles. The van der Waals surface area contributed by atoms with Crippen molar-refractivity contribution < 1.29 is 9.59 Å². The van der Waals surface area contributed by atoms with Gasteiger partial charge in [0.2, 0.25) is 0 Å². The zero-order valence-corrected chi connectivity index (χ0v) is 18.0. The molecule has 5 nitrogen and oxygen atoms in total. The highest BCUT2D eigenvalue weighted by Crippen LogP contribution is 2.22. The first-order valence-electron chi connectivity index (χ1n) is 9.63. The van der Waals surface area contributed by atoms with Gasteiger partial charge in [-0.25, -0.2) is 4.98 Å². The number of pyridine rings is 1. The molecule has 0 unspecified atom stereocenters. The number of rotatable bonds is 5. The summed E-state index contributed by atoms with van der Waals surface area (Å²) in [6.45, 7) is 6.78. The van der Waals surface area contributed by atoms with E-state index >= 15 is 0 Å². The van der Waals surface area contributed by atoms with Gasteiger partial charge in [0.05, 0.1) is 5.69 Å². The summed E-state index contributed by atoms with van der Waals surface area (Å²) < 4.78 is 0. The SMILES string of the molecule is CC(C)(C)c1ccc(C(=O)NCc2ccc(C(=O)Nc3cccnc3Cl)cc2)cc1. The molecule has 3 rings (SSSR count). The molecule has 3 aromatic rings. The Balaban J connectivity index is 1.57. The van der Waals surface area contributed by atoms with Crippen molar-refractivity contribution >= 4 is 29.1 Å². The normalized spacial score (nSPS) is 11.1. The van der Waals surface area contributed by atoms with Crippen LogP contribution in [0, 0.1) is 0 Å². The molecule has 2 amide bonds. The lowest BCUT2D eigenvalue weighted by Gasteiger charge is -2.19. The summed E-state index contributed by atoms with van der Waals surface area (Å²) in [6, 6.07) is 18.1. The number of benzene rings is 2. The highest BCUT2D eigenvalue weighted by atomic mass is 35.5. The Labute approximate surface area is 181 Å². The predicted molar refractivity (Wildman–Crippen MR) is 120 cm³/mol. The minimum absolute atomic E-state index is 0.0470. The number of aromatic nitrogens is 1. The van der Waals surface area contributed by atoms with Crippen molar-refractivity contribution in [2.24, 2.45) is 0 Å². The van der Waals surface area contributed by atoms with Gasteiger partial charge in [-0.3, -0.25) is 9.59 Å². The van der Waals surface area contributed by atoms with Crippen molar-refractivity contribution in [2.45, 2.75) is 32.7 Å². The van der Waals surface area contributed by atoms with Crippen LogP contribution in [-0.4, -0.2) is 16.8 Å². The maximum Gasteiger partial charge on any atom is 0.255 e. The number of carbonyl (C=O) groups excluding carboxylic acids is 2.